The summed E-state index contributed by atoms with van der Waals surface area (Å²) in [6.07, 6.45) is 1.69. The van der Waals surface area contributed by atoms with E-state index in [1.54, 1.807) is 6.26 Å². The van der Waals surface area contributed by atoms with Gasteiger partial charge in [-0.1, -0.05) is 6.07 Å². The standard InChI is InChI=1S/C11H16O2S/c1-9-6-10(2)8-11(7-9)13-4-5-14(3)12/h6-8H,4-5H2,1-3H3. The number of hydrogen-bond donors (Lipinski definition) is 0. The molecular weight excluding hydrogens is 196 g/mol. The summed E-state index contributed by atoms with van der Waals surface area (Å²) in [7, 11) is -0.775. The quantitative estimate of drug-likeness (QED) is 0.763. The van der Waals surface area contributed by atoms with Gasteiger partial charge >= 0.3 is 0 Å². The Morgan fingerprint density at radius 1 is 1.21 bits per heavy atom. The van der Waals surface area contributed by atoms with E-state index in [0.29, 0.717) is 12.4 Å². The Balaban J connectivity index is 2.54. The topological polar surface area (TPSA) is 26.3 Å². The van der Waals surface area contributed by atoms with Crippen LogP contribution in [0.25, 0.3) is 0 Å². The molecule has 1 aromatic carbocycles. The Morgan fingerprint density at radius 2 is 1.79 bits per heavy atom. The average molecular weight is 212 g/mol. The van der Waals surface area contributed by atoms with Crippen LogP contribution < -0.4 is 4.74 Å². The van der Waals surface area contributed by atoms with Gasteiger partial charge < -0.3 is 4.74 Å². The van der Waals surface area contributed by atoms with E-state index >= 15 is 0 Å². The molecule has 0 aliphatic carbocycles. The molecule has 0 amide bonds. The number of benzene rings is 1. The minimum atomic E-state index is -0.775. The lowest BCUT2D eigenvalue weighted by Crippen LogP contribution is -2.07. The molecule has 0 aromatic heterocycles. The van der Waals surface area contributed by atoms with Crippen LogP contribution >= 0.6 is 0 Å². The molecule has 0 heterocycles. The van der Waals surface area contributed by atoms with E-state index in [1.165, 1.54) is 11.1 Å². The van der Waals surface area contributed by atoms with Gasteiger partial charge in [-0.3, -0.25) is 4.21 Å². The van der Waals surface area contributed by atoms with Crippen molar-refractivity contribution in [3.8, 4) is 5.75 Å². The predicted molar refractivity (Wildman–Crippen MR) is 60.3 cm³/mol. The van der Waals surface area contributed by atoms with Crippen molar-refractivity contribution in [1.29, 1.82) is 0 Å². The van der Waals surface area contributed by atoms with Crippen LogP contribution in [0.2, 0.25) is 0 Å². The highest BCUT2D eigenvalue weighted by atomic mass is 32.2. The first-order valence-corrected chi connectivity index (χ1v) is 6.32. The number of ether oxygens (including phenoxy) is 1. The second kappa shape index (κ2) is 5.15. The molecule has 0 N–H and O–H groups in total. The van der Waals surface area contributed by atoms with Gasteiger partial charge in [0.15, 0.2) is 0 Å². The van der Waals surface area contributed by atoms with Crippen LogP contribution in [-0.4, -0.2) is 22.8 Å². The Hall–Kier alpha value is -0.830. The fourth-order valence-corrected chi connectivity index (χ4v) is 1.61. The maximum atomic E-state index is 10.8. The molecule has 78 valence electrons. The van der Waals surface area contributed by atoms with Crippen molar-refractivity contribution in [2.75, 3.05) is 18.6 Å². The maximum absolute atomic E-state index is 10.8. The summed E-state index contributed by atoms with van der Waals surface area (Å²) in [5, 5.41) is 0. The summed E-state index contributed by atoms with van der Waals surface area (Å²) in [6, 6.07) is 6.09. The van der Waals surface area contributed by atoms with E-state index in [9.17, 15) is 4.21 Å². The third-order valence-electron chi connectivity index (χ3n) is 1.83. The molecule has 3 heteroatoms. The molecule has 1 unspecified atom stereocenters. The van der Waals surface area contributed by atoms with E-state index in [1.807, 2.05) is 26.0 Å². The SMILES string of the molecule is Cc1cc(C)cc(OCCS(C)=O)c1. The molecule has 1 rings (SSSR count). The summed E-state index contributed by atoms with van der Waals surface area (Å²) < 4.78 is 16.3. The molecule has 0 radical (unpaired) electrons. The van der Waals surface area contributed by atoms with Crippen molar-refractivity contribution < 1.29 is 8.95 Å². The molecule has 0 saturated carbocycles. The molecule has 0 aliphatic rings. The normalized spacial score (nSPS) is 12.5. The molecule has 0 saturated heterocycles. The van der Waals surface area contributed by atoms with Crippen molar-refractivity contribution in [3.05, 3.63) is 29.3 Å². The van der Waals surface area contributed by atoms with Crippen LogP contribution in [-0.2, 0) is 10.8 Å². The zero-order valence-corrected chi connectivity index (χ0v) is 9.69. The zero-order valence-electron chi connectivity index (χ0n) is 8.87. The second-order valence-corrected chi connectivity index (χ2v) is 5.00. The van der Waals surface area contributed by atoms with Crippen molar-refractivity contribution in [2.24, 2.45) is 0 Å². The highest BCUT2D eigenvalue weighted by molar-refractivity contribution is 7.84. The highest BCUT2D eigenvalue weighted by Crippen LogP contribution is 2.15. The van der Waals surface area contributed by atoms with E-state index in [-0.39, 0.29) is 0 Å². The van der Waals surface area contributed by atoms with E-state index in [0.717, 1.165) is 5.75 Å². The van der Waals surface area contributed by atoms with Gasteiger partial charge in [0.1, 0.15) is 5.75 Å². The molecule has 0 spiro atoms. The third kappa shape index (κ3) is 3.92. The van der Waals surface area contributed by atoms with Gasteiger partial charge in [0.25, 0.3) is 0 Å². The average Bonchev–Trinajstić information content (AvgIpc) is 2.01. The largest absolute Gasteiger partial charge is 0.493 e. The lowest BCUT2D eigenvalue weighted by atomic mass is 10.1. The van der Waals surface area contributed by atoms with Crippen LogP contribution in [0.3, 0.4) is 0 Å². The minimum Gasteiger partial charge on any atom is -0.493 e. The van der Waals surface area contributed by atoms with E-state index < -0.39 is 10.8 Å². The fourth-order valence-electron chi connectivity index (χ4n) is 1.29. The van der Waals surface area contributed by atoms with Gasteiger partial charge in [-0.25, -0.2) is 0 Å². The Labute approximate surface area is 87.7 Å². The third-order valence-corrected chi connectivity index (χ3v) is 2.58. The molecule has 0 aliphatic heterocycles. The van der Waals surface area contributed by atoms with Crippen molar-refractivity contribution in [1.82, 2.24) is 0 Å². The van der Waals surface area contributed by atoms with Gasteiger partial charge in [-0.15, -0.1) is 0 Å². The highest BCUT2D eigenvalue weighted by Gasteiger charge is 1.97. The molecule has 1 aromatic rings. The molecular formula is C11H16O2S. The van der Waals surface area contributed by atoms with E-state index in [4.69, 9.17) is 4.74 Å². The van der Waals surface area contributed by atoms with Crippen molar-refractivity contribution in [2.45, 2.75) is 13.8 Å². The van der Waals surface area contributed by atoms with Crippen LogP contribution in [0.1, 0.15) is 11.1 Å². The first kappa shape index (κ1) is 11.2. The van der Waals surface area contributed by atoms with Gasteiger partial charge in [-0.05, 0) is 37.1 Å². The zero-order chi connectivity index (χ0) is 10.6. The molecule has 1 atom stereocenters. The van der Waals surface area contributed by atoms with Crippen molar-refractivity contribution >= 4 is 10.8 Å². The summed E-state index contributed by atoms with van der Waals surface area (Å²) >= 11 is 0. The Morgan fingerprint density at radius 3 is 2.29 bits per heavy atom. The monoisotopic (exact) mass is 212 g/mol. The lowest BCUT2D eigenvalue weighted by molar-refractivity contribution is 0.342. The smallest absolute Gasteiger partial charge is 0.119 e. The summed E-state index contributed by atoms with van der Waals surface area (Å²) in [6.45, 7) is 4.60. The fraction of sp³-hybridized carbons (Fsp3) is 0.455. The lowest BCUT2D eigenvalue weighted by Gasteiger charge is -2.06. The first-order chi connectivity index (χ1) is 6.58. The van der Waals surface area contributed by atoms with Crippen LogP contribution in [0.5, 0.6) is 5.75 Å². The molecule has 14 heavy (non-hydrogen) atoms. The number of rotatable bonds is 4. The predicted octanol–water partition coefficient (Wildman–Crippen LogP) is 2.06. The van der Waals surface area contributed by atoms with Crippen LogP contribution in [0.15, 0.2) is 18.2 Å². The first-order valence-electron chi connectivity index (χ1n) is 4.59. The second-order valence-electron chi connectivity index (χ2n) is 3.45. The minimum absolute atomic E-state index is 0.520. The number of aryl methyl sites for hydroxylation is 2. The van der Waals surface area contributed by atoms with Gasteiger partial charge in [0, 0.05) is 17.1 Å². The summed E-state index contributed by atoms with van der Waals surface area (Å²) in [4.78, 5) is 0. The maximum Gasteiger partial charge on any atom is 0.119 e. The van der Waals surface area contributed by atoms with Crippen LogP contribution in [0, 0.1) is 13.8 Å². The van der Waals surface area contributed by atoms with Crippen LogP contribution in [0.4, 0.5) is 0 Å². The Bertz CT molecular complexity index is 314. The van der Waals surface area contributed by atoms with Crippen molar-refractivity contribution in [3.63, 3.8) is 0 Å². The molecule has 0 bridgehead atoms. The van der Waals surface area contributed by atoms with Gasteiger partial charge in [-0.2, -0.15) is 0 Å². The summed E-state index contributed by atoms with van der Waals surface area (Å²) in [5.41, 5.74) is 2.38. The Kier molecular flexibility index (Phi) is 4.14. The molecule has 0 fully saturated rings. The number of hydrogen-bond acceptors (Lipinski definition) is 2. The summed E-state index contributed by atoms with van der Waals surface area (Å²) in [5.74, 6) is 1.46. The molecule has 2 nitrogen and oxygen atoms in total. The van der Waals surface area contributed by atoms with Gasteiger partial charge in [0.2, 0.25) is 0 Å². The van der Waals surface area contributed by atoms with E-state index in [2.05, 4.69) is 6.07 Å². The van der Waals surface area contributed by atoms with Gasteiger partial charge in [0.05, 0.1) is 12.4 Å².